The van der Waals surface area contributed by atoms with Gasteiger partial charge in [0.1, 0.15) is 6.54 Å². The van der Waals surface area contributed by atoms with Crippen LogP contribution in [0.25, 0.3) is 11.1 Å². The van der Waals surface area contributed by atoms with Crippen molar-refractivity contribution in [3.05, 3.63) is 99.6 Å². The van der Waals surface area contributed by atoms with E-state index in [2.05, 4.69) is 5.32 Å². The third-order valence-corrected chi connectivity index (χ3v) is 5.36. The first-order valence-corrected chi connectivity index (χ1v) is 9.94. The highest BCUT2D eigenvalue weighted by atomic mass is 16.6. The topological polar surface area (TPSA) is 110 Å². The van der Waals surface area contributed by atoms with Gasteiger partial charge in [0.05, 0.1) is 22.1 Å². The minimum absolute atomic E-state index is 0.0537. The fourth-order valence-electron chi connectivity index (χ4n) is 3.64. The van der Waals surface area contributed by atoms with E-state index in [9.17, 15) is 24.5 Å². The Balaban J connectivity index is 1.42. The molecule has 160 valence electrons. The maximum Gasteiger partial charge on any atom is 0.270 e. The molecule has 1 heterocycles. The molecule has 0 aromatic heterocycles. The molecule has 8 nitrogen and oxygen atoms in total. The van der Waals surface area contributed by atoms with E-state index in [0.717, 1.165) is 33.7 Å². The lowest BCUT2D eigenvalue weighted by atomic mass is 10.0. The summed E-state index contributed by atoms with van der Waals surface area (Å²) in [6.07, 6.45) is 0. The van der Waals surface area contributed by atoms with Crippen molar-refractivity contribution in [2.45, 2.75) is 13.0 Å². The molecule has 1 aliphatic heterocycles. The Morgan fingerprint density at radius 2 is 1.56 bits per heavy atom. The number of rotatable bonds is 6. The molecule has 3 aromatic rings. The van der Waals surface area contributed by atoms with E-state index >= 15 is 0 Å². The highest BCUT2D eigenvalue weighted by Crippen LogP contribution is 2.27. The van der Waals surface area contributed by atoms with Crippen molar-refractivity contribution >= 4 is 23.4 Å². The molecule has 1 aliphatic rings. The second-order valence-electron chi connectivity index (χ2n) is 7.46. The summed E-state index contributed by atoms with van der Waals surface area (Å²) in [7, 11) is 0. The third-order valence-electron chi connectivity index (χ3n) is 5.36. The fraction of sp³-hybridized carbons (Fsp3) is 0.125. The Hall–Kier alpha value is -4.33. The van der Waals surface area contributed by atoms with Crippen molar-refractivity contribution in [1.82, 2.24) is 10.2 Å². The quantitative estimate of drug-likeness (QED) is 0.365. The van der Waals surface area contributed by atoms with Crippen LogP contribution in [0.15, 0.2) is 72.8 Å². The molecule has 0 radical (unpaired) electrons. The minimum Gasteiger partial charge on any atom is -0.348 e. The van der Waals surface area contributed by atoms with Gasteiger partial charge in [-0.3, -0.25) is 29.4 Å². The van der Waals surface area contributed by atoms with E-state index in [1.165, 1.54) is 6.07 Å². The van der Waals surface area contributed by atoms with E-state index in [1.807, 2.05) is 54.6 Å². The summed E-state index contributed by atoms with van der Waals surface area (Å²) >= 11 is 0. The lowest BCUT2D eigenvalue weighted by Gasteiger charge is -2.18. The predicted molar refractivity (Wildman–Crippen MR) is 117 cm³/mol. The Morgan fingerprint density at radius 1 is 0.938 bits per heavy atom. The van der Waals surface area contributed by atoms with E-state index in [-0.39, 0.29) is 22.9 Å². The van der Waals surface area contributed by atoms with Gasteiger partial charge in [-0.2, -0.15) is 0 Å². The van der Waals surface area contributed by atoms with Gasteiger partial charge in [-0.25, -0.2) is 0 Å². The molecule has 0 saturated carbocycles. The molecule has 8 heteroatoms. The fourth-order valence-corrected chi connectivity index (χ4v) is 3.64. The zero-order chi connectivity index (χ0) is 22.8. The third kappa shape index (κ3) is 3.98. The van der Waals surface area contributed by atoms with Crippen LogP contribution >= 0.6 is 0 Å². The normalized spacial score (nSPS) is 13.6. The van der Waals surface area contributed by atoms with Gasteiger partial charge in [-0.1, -0.05) is 54.6 Å². The van der Waals surface area contributed by atoms with Crippen molar-refractivity contribution in [2.24, 2.45) is 0 Å². The van der Waals surface area contributed by atoms with Gasteiger partial charge in [0.15, 0.2) is 0 Å². The number of imide groups is 1. The number of nitrogens with one attached hydrogen (secondary N) is 1. The molecule has 1 N–H and O–H groups in total. The van der Waals surface area contributed by atoms with Crippen molar-refractivity contribution in [1.29, 1.82) is 0 Å². The zero-order valence-corrected chi connectivity index (χ0v) is 17.1. The number of nitrogens with zero attached hydrogens (tertiary/aromatic N) is 2. The van der Waals surface area contributed by atoms with Crippen molar-refractivity contribution in [3.63, 3.8) is 0 Å². The second kappa shape index (κ2) is 8.43. The molecule has 0 bridgehead atoms. The van der Waals surface area contributed by atoms with Gasteiger partial charge in [0.2, 0.25) is 5.91 Å². The zero-order valence-electron chi connectivity index (χ0n) is 17.1. The molecular formula is C24H19N3O5. The molecule has 1 atom stereocenters. The highest BCUT2D eigenvalue weighted by Gasteiger charge is 2.37. The number of hydrogen-bond donors (Lipinski definition) is 1. The number of fused-ring (bicyclic) bond motifs is 1. The lowest BCUT2D eigenvalue weighted by molar-refractivity contribution is -0.384. The molecular weight excluding hydrogens is 410 g/mol. The summed E-state index contributed by atoms with van der Waals surface area (Å²) in [5.41, 5.74) is 2.70. The molecule has 3 amide bonds. The van der Waals surface area contributed by atoms with Crippen LogP contribution in [0.4, 0.5) is 5.69 Å². The number of nitro groups is 1. The minimum atomic E-state index is -0.719. The van der Waals surface area contributed by atoms with Crippen LogP contribution in [-0.4, -0.2) is 34.1 Å². The van der Waals surface area contributed by atoms with Crippen LogP contribution in [0.5, 0.6) is 0 Å². The standard InChI is InChI=1S/C24H19N3O5/c1-15(16-7-9-18(10-8-16)17-5-3-2-4-6-17)25-22(28)14-26-23(29)20-12-11-19(27(31)32)13-21(20)24(26)30/h2-13,15H,14H2,1H3,(H,25,28). The molecule has 0 spiro atoms. The largest absolute Gasteiger partial charge is 0.348 e. The van der Waals surface area contributed by atoms with Gasteiger partial charge < -0.3 is 5.32 Å². The monoisotopic (exact) mass is 429 g/mol. The van der Waals surface area contributed by atoms with Gasteiger partial charge in [-0.15, -0.1) is 0 Å². The first-order chi connectivity index (χ1) is 15.3. The van der Waals surface area contributed by atoms with Crippen molar-refractivity contribution < 1.29 is 19.3 Å². The maximum absolute atomic E-state index is 12.5. The number of nitro benzene ring substituents is 1. The number of benzene rings is 3. The van der Waals surface area contributed by atoms with Crippen LogP contribution in [0, 0.1) is 10.1 Å². The lowest BCUT2D eigenvalue weighted by Crippen LogP contribution is -2.41. The summed E-state index contributed by atoms with van der Waals surface area (Å²) in [4.78, 5) is 48.7. The van der Waals surface area contributed by atoms with E-state index in [4.69, 9.17) is 0 Å². The van der Waals surface area contributed by atoms with Crippen molar-refractivity contribution in [2.75, 3.05) is 6.54 Å². The number of non-ortho nitro benzene ring substituents is 1. The van der Waals surface area contributed by atoms with E-state index in [1.54, 1.807) is 6.92 Å². The van der Waals surface area contributed by atoms with Gasteiger partial charge in [-0.05, 0) is 29.7 Å². The smallest absolute Gasteiger partial charge is 0.270 e. The number of carbonyl (C=O) groups excluding carboxylic acids is 3. The molecule has 32 heavy (non-hydrogen) atoms. The predicted octanol–water partition coefficient (Wildman–Crippen LogP) is 3.74. The van der Waals surface area contributed by atoms with Gasteiger partial charge in [0.25, 0.3) is 17.5 Å². The van der Waals surface area contributed by atoms with E-state index < -0.39 is 29.2 Å². The molecule has 1 unspecified atom stereocenters. The summed E-state index contributed by atoms with van der Waals surface area (Å²) in [6.45, 7) is 1.34. The first-order valence-electron chi connectivity index (χ1n) is 9.94. The van der Waals surface area contributed by atoms with Crippen LogP contribution in [0.1, 0.15) is 39.2 Å². The first kappa shape index (κ1) is 20.9. The van der Waals surface area contributed by atoms with Gasteiger partial charge >= 0.3 is 0 Å². The summed E-state index contributed by atoms with van der Waals surface area (Å²) < 4.78 is 0. The molecule has 0 fully saturated rings. The highest BCUT2D eigenvalue weighted by molar-refractivity contribution is 6.22. The number of hydrogen-bond acceptors (Lipinski definition) is 5. The number of amides is 3. The Kier molecular flexibility index (Phi) is 5.51. The second-order valence-corrected chi connectivity index (χ2v) is 7.46. The summed E-state index contributed by atoms with van der Waals surface area (Å²) in [6, 6.07) is 20.8. The SMILES string of the molecule is CC(NC(=O)CN1C(=O)c2ccc([N+](=O)[O-])cc2C1=O)c1ccc(-c2ccccc2)cc1. The maximum atomic E-state index is 12.5. The molecule has 0 aliphatic carbocycles. The Morgan fingerprint density at radius 3 is 2.22 bits per heavy atom. The summed E-state index contributed by atoms with van der Waals surface area (Å²) in [5, 5.41) is 13.7. The molecule has 3 aromatic carbocycles. The van der Waals surface area contributed by atoms with Crippen molar-refractivity contribution in [3.8, 4) is 11.1 Å². The van der Waals surface area contributed by atoms with Crippen LogP contribution in [0.2, 0.25) is 0 Å². The van der Waals surface area contributed by atoms with Crippen LogP contribution in [-0.2, 0) is 4.79 Å². The Labute approximate surface area is 183 Å². The average molecular weight is 429 g/mol. The van der Waals surface area contributed by atoms with Crippen LogP contribution in [0.3, 0.4) is 0 Å². The summed E-state index contributed by atoms with van der Waals surface area (Å²) in [5.74, 6) is -1.87. The molecule has 4 rings (SSSR count). The number of carbonyl (C=O) groups is 3. The van der Waals surface area contributed by atoms with Gasteiger partial charge in [0, 0.05) is 12.1 Å². The van der Waals surface area contributed by atoms with E-state index in [0.29, 0.717) is 0 Å². The van der Waals surface area contributed by atoms with Crippen LogP contribution < -0.4 is 5.32 Å². The average Bonchev–Trinajstić information content (AvgIpc) is 3.04. The molecule has 0 saturated heterocycles. The Bertz CT molecular complexity index is 1220.